The van der Waals surface area contributed by atoms with Crippen LogP contribution < -0.4 is 0 Å². The Hall–Kier alpha value is -2.48. The molecule has 0 amide bonds. The molecular formula is C12H12N4O. The van der Waals surface area contributed by atoms with E-state index in [0.717, 1.165) is 23.8 Å². The summed E-state index contributed by atoms with van der Waals surface area (Å²) in [5.74, 6) is 0. The Morgan fingerprint density at radius 3 is 2.76 bits per heavy atom. The number of aromatic nitrogens is 2. The summed E-state index contributed by atoms with van der Waals surface area (Å²) < 4.78 is 1.56. The highest BCUT2D eigenvalue weighted by Crippen LogP contribution is 2.12. The Balaban J connectivity index is 3.13. The molecule has 0 aromatic carbocycles. The van der Waals surface area contributed by atoms with Crippen LogP contribution in [-0.4, -0.2) is 22.3 Å². The van der Waals surface area contributed by atoms with E-state index < -0.39 is 0 Å². The monoisotopic (exact) mass is 228 g/mol. The quantitative estimate of drug-likeness (QED) is 0.370. The van der Waals surface area contributed by atoms with Crippen LogP contribution in [0.15, 0.2) is 29.6 Å². The van der Waals surface area contributed by atoms with Gasteiger partial charge >= 0.3 is 0 Å². The fourth-order valence-electron chi connectivity index (χ4n) is 1.21. The first-order chi connectivity index (χ1) is 8.12. The van der Waals surface area contributed by atoms with Gasteiger partial charge in [0.1, 0.15) is 6.07 Å². The Labute approximate surface area is 99.2 Å². The molecule has 0 saturated carbocycles. The molecule has 86 valence electrons. The molecule has 1 aromatic heterocycles. The number of rotatable bonds is 4. The smallest absolute Gasteiger partial charge is 0.153 e. The number of carbonyl (C=O) groups excluding carboxylic acids is 1. The van der Waals surface area contributed by atoms with Gasteiger partial charge in [0.2, 0.25) is 0 Å². The lowest BCUT2D eigenvalue weighted by atomic mass is 10.1. The van der Waals surface area contributed by atoms with E-state index in [1.165, 1.54) is 6.20 Å². The number of hydrogen-bond acceptors (Lipinski definition) is 4. The summed E-state index contributed by atoms with van der Waals surface area (Å²) in [4.78, 5) is 10.5. The lowest BCUT2D eigenvalue weighted by Gasteiger charge is -2.03. The van der Waals surface area contributed by atoms with Gasteiger partial charge in [-0.05, 0) is 25.5 Å². The second kappa shape index (κ2) is 5.56. The summed E-state index contributed by atoms with van der Waals surface area (Å²) in [6, 6.07) is 1.90. The van der Waals surface area contributed by atoms with Crippen LogP contribution in [0.25, 0.3) is 5.70 Å². The summed E-state index contributed by atoms with van der Waals surface area (Å²) >= 11 is 0. The molecule has 0 aliphatic heterocycles. The highest BCUT2D eigenvalue weighted by atomic mass is 16.1. The summed E-state index contributed by atoms with van der Waals surface area (Å²) in [6.45, 7) is 3.64. The minimum Gasteiger partial charge on any atom is -0.307 e. The third kappa shape index (κ3) is 2.98. The number of nitrogens with zero attached hydrogens (tertiary/aromatic N) is 3. The minimum atomic E-state index is 0.268. The topological polar surface area (TPSA) is 82.5 Å². The van der Waals surface area contributed by atoms with Crippen molar-refractivity contribution in [2.24, 2.45) is 0 Å². The molecule has 0 unspecified atom stereocenters. The molecule has 0 spiro atoms. The van der Waals surface area contributed by atoms with E-state index in [-0.39, 0.29) is 5.57 Å². The Morgan fingerprint density at radius 2 is 2.29 bits per heavy atom. The number of hydrogen-bond donors (Lipinski definition) is 1. The normalized spacial score (nSPS) is 12.6. The number of aldehydes is 1. The molecule has 1 N–H and O–H groups in total. The lowest BCUT2D eigenvalue weighted by molar-refractivity contribution is 0.112. The van der Waals surface area contributed by atoms with Crippen molar-refractivity contribution in [2.75, 3.05) is 0 Å². The van der Waals surface area contributed by atoms with Gasteiger partial charge in [-0.3, -0.25) is 4.79 Å². The molecule has 0 aliphatic carbocycles. The van der Waals surface area contributed by atoms with E-state index in [1.54, 1.807) is 17.0 Å². The van der Waals surface area contributed by atoms with Crippen molar-refractivity contribution in [3.05, 3.63) is 35.2 Å². The Bertz CT molecular complexity index is 543. The van der Waals surface area contributed by atoms with Crippen molar-refractivity contribution < 1.29 is 4.79 Å². The van der Waals surface area contributed by atoms with Gasteiger partial charge in [0.15, 0.2) is 6.29 Å². The van der Waals surface area contributed by atoms with Crippen molar-refractivity contribution in [1.82, 2.24) is 9.78 Å². The van der Waals surface area contributed by atoms with E-state index in [1.807, 2.05) is 19.9 Å². The highest BCUT2D eigenvalue weighted by Gasteiger charge is 2.02. The second-order valence-corrected chi connectivity index (χ2v) is 3.46. The summed E-state index contributed by atoms with van der Waals surface area (Å²) in [6.07, 6.45) is 6.40. The van der Waals surface area contributed by atoms with E-state index in [0.29, 0.717) is 5.56 Å². The van der Waals surface area contributed by atoms with Crippen molar-refractivity contribution >= 4 is 18.2 Å². The van der Waals surface area contributed by atoms with Crippen molar-refractivity contribution in [2.45, 2.75) is 13.8 Å². The van der Waals surface area contributed by atoms with Crippen LogP contribution in [0.2, 0.25) is 0 Å². The summed E-state index contributed by atoms with van der Waals surface area (Å²) in [5.41, 5.74) is 2.37. The molecule has 5 heteroatoms. The van der Waals surface area contributed by atoms with Gasteiger partial charge in [0.25, 0.3) is 0 Å². The first kappa shape index (κ1) is 12.6. The average Bonchev–Trinajstić information content (AvgIpc) is 2.83. The lowest BCUT2D eigenvalue weighted by Crippen LogP contribution is -1.96. The average molecular weight is 228 g/mol. The Kier molecular flexibility index (Phi) is 4.12. The first-order valence-corrected chi connectivity index (χ1v) is 4.92. The van der Waals surface area contributed by atoms with E-state index in [4.69, 9.17) is 10.7 Å². The third-order valence-corrected chi connectivity index (χ3v) is 2.31. The molecule has 0 bridgehead atoms. The molecule has 1 rings (SSSR count). The van der Waals surface area contributed by atoms with Gasteiger partial charge < -0.3 is 5.41 Å². The first-order valence-electron chi connectivity index (χ1n) is 4.92. The zero-order valence-electron chi connectivity index (χ0n) is 9.64. The van der Waals surface area contributed by atoms with Gasteiger partial charge in [-0.15, -0.1) is 0 Å². The van der Waals surface area contributed by atoms with Gasteiger partial charge in [-0.25, -0.2) is 4.68 Å². The van der Waals surface area contributed by atoms with Crippen molar-refractivity contribution in [3.8, 4) is 6.07 Å². The van der Waals surface area contributed by atoms with E-state index >= 15 is 0 Å². The molecule has 0 saturated heterocycles. The summed E-state index contributed by atoms with van der Waals surface area (Å²) in [5, 5.41) is 19.8. The Morgan fingerprint density at radius 1 is 1.59 bits per heavy atom. The summed E-state index contributed by atoms with van der Waals surface area (Å²) in [7, 11) is 0. The molecule has 1 heterocycles. The van der Waals surface area contributed by atoms with Crippen LogP contribution >= 0.6 is 0 Å². The zero-order chi connectivity index (χ0) is 12.8. The number of carbonyl (C=O) groups is 1. The fraction of sp³-hybridized carbons (Fsp3) is 0.167. The van der Waals surface area contributed by atoms with Crippen LogP contribution in [0.5, 0.6) is 0 Å². The second-order valence-electron chi connectivity index (χ2n) is 3.46. The number of allylic oxidation sites excluding steroid dienone is 4. The largest absolute Gasteiger partial charge is 0.307 e. The van der Waals surface area contributed by atoms with Crippen molar-refractivity contribution in [1.29, 1.82) is 10.7 Å². The van der Waals surface area contributed by atoms with Crippen LogP contribution in [0, 0.1) is 16.7 Å². The predicted octanol–water partition coefficient (Wildman–Crippen LogP) is 2.05. The number of nitrogens with one attached hydrogen (secondary N) is 1. The SMILES string of the molecule is CC(/C=C(/C#N)C=N)=C(/C)n1cc(C=O)cn1. The van der Waals surface area contributed by atoms with Crippen LogP contribution in [0.3, 0.4) is 0 Å². The van der Waals surface area contributed by atoms with Crippen LogP contribution in [0.4, 0.5) is 0 Å². The maximum Gasteiger partial charge on any atom is 0.153 e. The fourth-order valence-corrected chi connectivity index (χ4v) is 1.21. The highest BCUT2D eigenvalue weighted by molar-refractivity contribution is 5.82. The molecule has 1 aromatic rings. The zero-order valence-corrected chi connectivity index (χ0v) is 9.64. The van der Waals surface area contributed by atoms with Crippen LogP contribution in [-0.2, 0) is 0 Å². The van der Waals surface area contributed by atoms with E-state index in [2.05, 4.69) is 5.10 Å². The van der Waals surface area contributed by atoms with Gasteiger partial charge in [0.05, 0.1) is 17.3 Å². The molecule has 17 heavy (non-hydrogen) atoms. The van der Waals surface area contributed by atoms with Gasteiger partial charge in [0, 0.05) is 18.1 Å². The molecular weight excluding hydrogens is 216 g/mol. The third-order valence-electron chi connectivity index (χ3n) is 2.31. The van der Waals surface area contributed by atoms with Gasteiger partial charge in [-0.2, -0.15) is 10.4 Å². The van der Waals surface area contributed by atoms with Crippen LogP contribution in [0.1, 0.15) is 24.2 Å². The molecule has 0 atom stereocenters. The maximum atomic E-state index is 10.5. The standard InChI is InChI=1S/C12H12N4O/c1-9(3-11(4-13)5-14)10(2)16-7-12(8-17)6-15-16/h3-4,6-8,13H,1-2H3/b10-9+,11-3+,13-4?. The molecule has 0 aliphatic rings. The van der Waals surface area contributed by atoms with E-state index in [9.17, 15) is 4.79 Å². The predicted molar refractivity (Wildman–Crippen MR) is 64.7 cm³/mol. The minimum absolute atomic E-state index is 0.268. The number of nitriles is 1. The molecule has 5 nitrogen and oxygen atoms in total. The maximum absolute atomic E-state index is 10.5. The molecule has 0 fully saturated rings. The molecule has 0 radical (unpaired) electrons. The van der Waals surface area contributed by atoms with Gasteiger partial charge in [-0.1, -0.05) is 0 Å². The van der Waals surface area contributed by atoms with Crippen molar-refractivity contribution in [3.63, 3.8) is 0 Å².